The largest absolute Gasteiger partial charge is 0.303 e. The summed E-state index contributed by atoms with van der Waals surface area (Å²) in [6.45, 7) is 4.18. The third-order valence-corrected chi connectivity index (χ3v) is 4.24. The summed E-state index contributed by atoms with van der Waals surface area (Å²) in [7, 11) is 0. The van der Waals surface area contributed by atoms with E-state index in [1.54, 1.807) is 11.8 Å². The van der Waals surface area contributed by atoms with Crippen LogP contribution in [-0.2, 0) is 9.59 Å². The van der Waals surface area contributed by atoms with Crippen molar-refractivity contribution in [3.05, 3.63) is 0 Å². The summed E-state index contributed by atoms with van der Waals surface area (Å²) in [5.41, 5.74) is 0.878. The Hall–Kier alpha value is -0.970. The lowest BCUT2D eigenvalue weighted by atomic mass is 9.94. The van der Waals surface area contributed by atoms with Crippen LogP contribution in [0.2, 0.25) is 0 Å². The number of nitrogens with zero attached hydrogens (tertiary/aromatic N) is 2. The monoisotopic (exact) mass is 296 g/mol. The second-order valence-corrected chi connectivity index (χ2v) is 5.96. The molecular formula is C15H24N2O2S. The maximum Gasteiger partial charge on any atom is 0.256 e. The van der Waals surface area contributed by atoms with Crippen molar-refractivity contribution in [1.29, 1.82) is 0 Å². The van der Waals surface area contributed by atoms with Crippen LogP contribution < -0.4 is 0 Å². The third-order valence-electron chi connectivity index (χ3n) is 3.31. The molecule has 20 heavy (non-hydrogen) atoms. The zero-order chi connectivity index (χ0) is 14.8. The molecule has 1 amide bonds. The number of carbonyl (C=O) groups is 2. The molecule has 0 radical (unpaired) electrons. The molecule has 0 aliphatic carbocycles. The fraction of sp³-hybridized carbons (Fsp3) is 0.733. The lowest BCUT2D eigenvalue weighted by Gasteiger charge is -2.18. The van der Waals surface area contributed by atoms with Crippen LogP contribution in [0.25, 0.3) is 0 Å². The molecule has 4 nitrogen and oxygen atoms in total. The van der Waals surface area contributed by atoms with E-state index in [0.29, 0.717) is 18.0 Å². The van der Waals surface area contributed by atoms with Gasteiger partial charge in [0.05, 0.1) is 5.92 Å². The van der Waals surface area contributed by atoms with Gasteiger partial charge in [0.1, 0.15) is 6.29 Å². The zero-order valence-electron chi connectivity index (χ0n) is 12.4. The first-order chi connectivity index (χ1) is 9.72. The van der Waals surface area contributed by atoms with Crippen LogP contribution in [0.4, 0.5) is 0 Å². The fourth-order valence-corrected chi connectivity index (χ4v) is 3.01. The summed E-state index contributed by atoms with van der Waals surface area (Å²) in [4.78, 5) is 31.0. The van der Waals surface area contributed by atoms with Crippen molar-refractivity contribution < 1.29 is 9.59 Å². The summed E-state index contributed by atoms with van der Waals surface area (Å²) in [6, 6.07) is 0. The van der Waals surface area contributed by atoms with Crippen molar-refractivity contribution in [2.24, 2.45) is 15.9 Å². The van der Waals surface area contributed by atoms with Crippen LogP contribution in [0.3, 0.4) is 0 Å². The molecule has 0 saturated heterocycles. The van der Waals surface area contributed by atoms with E-state index < -0.39 is 0 Å². The van der Waals surface area contributed by atoms with Crippen LogP contribution in [0.15, 0.2) is 9.98 Å². The van der Waals surface area contributed by atoms with E-state index in [-0.39, 0.29) is 11.8 Å². The average Bonchev–Trinajstić information content (AvgIpc) is 2.45. The van der Waals surface area contributed by atoms with Crippen molar-refractivity contribution >= 4 is 34.8 Å². The molecule has 0 bridgehead atoms. The van der Waals surface area contributed by atoms with Gasteiger partial charge in [0.15, 0.2) is 5.17 Å². The quantitative estimate of drug-likeness (QED) is 0.482. The third kappa shape index (κ3) is 5.57. The Morgan fingerprint density at radius 3 is 2.65 bits per heavy atom. The smallest absolute Gasteiger partial charge is 0.256 e. The van der Waals surface area contributed by atoms with Gasteiger partial charge < -0.3 is 4.79 Å². The maximum absolute atomic E-state index is 12.0. The fourth-order valence-electron chi connectivity index (χ4n) is 2.15. The van der Waals surface area contributed by atoms with Gasteiger partial charge in [-0.15, -0.1) is 0 Å². The Morgan fingerprint density at radius 2 is 2.00 bits per heavy atom. The molecular weight excluding hydrogens is 272 g/mol. The minimum Gasteiger partial charge on any atom is -0.303 e. The number of aliphatic imine (C=N–C) groups is 2. The van der Waals surface area contributed by atoms with E-state index >= 15 is 0 Å². The minimum absolute atomic E-state index is 0.130. The summed E-state index contributed by atoms with van der Waals surface area (Å²) in [5.74, 6) is 0.551. The van der Waals surface area contributed by atoms with Crippen molar-refractivity contribution in [3.63, 3.8) is 0 Å². The summed E-state index contributed by atoms with van der Waals surface area (Å²) in [6.07, 6.45) is 7.35. The van der Waals surface area contributed by atoms with Crippen molar-refractivity contribution in [2.75, 3.05) is 5.75 Å². The molecule has 0 spiro atoms. The molecule has 0 saturated carbocycles. The topological polar surface area (TPSA) is 58.9 Å². The van der Waals surface area contributed by atoms with E-state index in [0.717, 1.165) is 30.6 Å². The zero-order valence-corrected chi connectivity index (χ0v) is 13.2. The number of rotatable bonds is 9. The lowest BCUT2D eigenvalue weighted by molar-refractivity contribution is -0.120. The van der Waals surface area contributed by atoms with Gasteiger partial charge in [-0.1, -0.05) is 44.9 Å². The van der Waals surface area contributed by atoms with Crippen molar-refractivity contribution in [3.8, 4) is 0 Å². The molecule has 1 aliphatic rings. The Balaban J connectivity index is 2.51. The number of amides is 1. The highest BCUT2D eigenvalue weighted by Gasteiger charge is 2.27. The van der Waals surface area contributed by atoms with Gasteiger partial charge in [-0.25, -0.2) is 4.99 Å². The van der Waals surface area contributed by atoms with Gasteiger partial charge in [0, 0.05) is 17.9 Å². The SMILES string of the molecule is CCCCCCSC1=NC(=O)C(CCC=O)C(CC)=N1. The predicted molar refractivity (Wildman–Crippen MR) is 85.6 cm³/mol. The summed E-state index contributed by atoms with van der Waals surface area (Å²) < 4.78 is 0. The Morgan fingerprint density at radius 1 is 1.20 bits per heavy atom. The van der Waals surface area contributed by atoms with E-state index in [9.17, 15) is 9.59 Å². The molecule has 5 heteroatoms. The van der Waals surface area contributed by atoms with E-state index in [4.69, 9.17) is 0 Å². The van der Waals surface area contributed by atoms with Gasteiger partial charge >= 0.3 is 0 Å². The van der Waals surface area contributed by atoms with Crippen LogP contribution >= 0.6 is 11.8 Å². The second-order valence-electron chi connectivity index (χ2n) is 4.90. The molecule has 0 fully saturated rings. The van der Waals surface area contributed by atoms with Gasteiger partial charge in [0.25, 0.3) is 5.91 Å². The van der Waals surface area contributed by atoms with Gasteiger partial charge in [-0.3, -0.25) is 4.79 Å². The predicted octanol–water partition coefficient (Wildman–Crippen LogP) is 3.64. The number of hydrogen-bond acceptors (Lipinski definition) is 4. The van der Waals surface area contributed by atoms with Crippen LogP contribution in [0, 0.1) is 5.92 Å². The Bertz CT molecular complexity index is 391. The van der Waals surface area contributed by atoms with Gasteiger partial charge in [-0.2, -0.15) is 4.99 Å². The van der Waals surface area contributed by atoms with E-state index in [1.807, 2.05) is 6.92 Å². The normalized spacial score (nSPS) is 18.7. The molecule has 1 heterocycles. The first kappa shape index (κ1) is 17.1. The molecule has 0 N–H and O–H groups in total. The average molecular weight is 296 g/mol. The number of thioether (sulfide) groups is 1. The van der Waals surface area contributed by atoms with Gasteiger partial charge in [-0.05, 0) is 19.3 Å². The molecule has 112 valence electrons. The molecule has 1 atom stereocenters. The lowest BCUT2D eigenvalue weighted by Crippen LogP contribution is -2.27. The number of unbranched alkanes of at least 4 members (excludes halogenated alkanes) is 3. The molecule has 1 aliphatic heterocycles. The number of hydrogen-bond donors (Lipinski definition) is 0. The van der Waals surface area contributed by atoms with Gasteiger partial charge in [0.2, 0.25) is 0 Å². The number of aldehydes is 1. The summed E-state index contributed by atoms with van der Waals surface area (Å²) in [5, 5.41) is 0.603. The van der Waals surface area contributed by atoms with Crippen molar-refractivity contribution in [1.82, 2.24) is 0 Å². The first-order valence-corrected chi connectivity index (χ1v) is 8.47. The summed E-state index contributed by atoms with van der Waals surface area (Å²) >= 11 is 1.57. The standard InChI is InChI=1S/C15H24N2O2S/c1-3-5-6-7-11-20-15-16-13(4-2)12(9-8-10-18)14(19)17-15/h10,12H,3-9,11H2,1-2H3. The highest BCUT2D eigenvalue weighted by molar-refractivity contribution is 8.13. The first-order valence-electron chi connectivity index (χ1n) is 7.49. The Kier molecular flexibility index (Phi) is 8.42. The second kappa shape index (κ2) is 9.86. The highest BCUT2D eigenvalue weighted by atomic mass is 32.2. The molecule has 1 unspecified atom stereocenters. The minimum atomic E-state index is -0.283. The number of carbonyl (C=O) groups excluding carboxylic acids is 2. The van der Waals surface area contributed by atoms with Crippen LogP contribution in [-0.4, -0.2) is 28.8 Å². The molecule has 0 aromatic carbocycles. The molecule has 0 aromatic heterocycles. The molecule has 0 aromatic rings. The van der Waals surface area contributed by atoms with Crippen LogP contribution in [0.5, 0.6) is 0 Å². The maximum atomic E-state index is 12.0. The van der Waals surface area contributed by atoms with Crippen LogP contribution in [0.1, 0.15) is 58.8 Å². The number of amidine groups is 1. The highest BCUT2D eigenvalue weighted by Crippen LogP contribution is 2.21. The van der Waals surface area contributed by atoms with E-state index in [2.05, 4.69) is 16.9 Å². The Labute approximate surface area is 125 Å². The molecule has 1 rings (SSSR count). The van der Waals surface area contributed by atoms with Crippen molar-refractivity contribution in [2.45, 2.75) is 58.8 Å². The van der Waals surface area contributed by atoms with E-state index in [1.165, 1.54) is 19.3 Å².